The maximum absolute atomic E-state index is 6.19. The lowest BCUT2D eigenvalue weighted by atomic mass is 9.96. The Morgan fingerprint density at radius 1 is 1.36 bits per heavy atom. The lowest BCUT2D eigenvalue weighted by Crippen LogP contribution is -2.42. The highest BCUT2D eigenvalue weighted by atomic mass is 127. The highest BCUT2D eigenvalue weighted by Crippen LogP contribution is 2.48. The smallest absolute Gasteiger partial charge is 0.191 e. The molecule has 0 unspecified atom stereocenters. The van der Waals surface area contributed by atoms with Crippen molar-refractivity contribution in [2.45, 2.75) is 38.0 Å². The molecule has 1 aromatic carbocycles. The first-order chi connectivity index (χ1) is 10.1. The molecule has 3 nitrogen and oxygen atoms in total. The summed E-state index contributed by atoms with van der Waals surface area (Å²) >= 11 is 6.11. The molecule has 1 saturated carbocycles. The van der Waals surface area contributed by atoms with E-state index in [1.165, 1.54) is 31.2 Å². The van der Waals surface area contributed by atoms with E-state index in [4.69, 9.17) is 22.3 Å². The van der Waals surface area contributed by atoms with E-state index >= 15 is 0 Å². The maximum atomic E-state index is 6.19. The molecule has 0 bridgehead atoms. The third-order valence-electron chi connectivity index (χ3n) is 4.94. The molecule has 0 spiro atoms. The molecule has 2 N–H and O–H groups in total. The standard InChI is InChI=1S/C17H24ClN3.HI/c1-13-5-9-21(10-6-13)16(19)20-12-17(7-8-17)14-3-2-4-15(18)11-14;/h2-4,11,13H,5-10,12H2,1H3,(H2,19,20);1H. The highest BCUT2D eigenvalue weighted by Gasteiger charge is 2.44. The maximum Gasteiger partial charge on any atom is 0.191 e. The van der Waals surface area contributed by atoms with Crippen molar-refractivity contribution in [3.05, 3.63) is 34.9 Å². The second-order valence-corrected chi connectivity index (χ2v) is 7.07. The fraction of sp³-hybridized carbons (Fsp3) is 0.588. The van der Waals surface area contributed by atoms with Crippen LogP contribution in [0, 0.1) is 5.92 Å². The summed E-state index contributed by atoms with van der Waals surface area (Å²) in [6, 6.07) is 8.18. The van der Waals surface area contributed by atoms with Gasteiger partial charge in [-0.25, -0.2) is 0 Å². The minimum Gasteiger partial charge on any atom is -0.370 e. The van der Waals surface area contributed by atoms with Gasteiger partial charge in [0, 0.05) is 23.5 Å². The van der Waals surface area contributed by atoms with Crippen LogP contribution in [0.1, 0.15) is 38.2 Å². The highest BCUT2D eigenvalue weighted by molar-refractivity contribution is 14.0. The van der Waals surface area contributed by atoms with Crippen LogP contribution in [0.2, 0.25) is 5.02 Å². The van der Waals surface area contributed by atoms with Crippen molar-refractivity contribution in [3.63, 3.8) is 0 Å². The van der Waals surface area contributed by atoms with Gasteiger partial charge in [0.2, 0.25) is 0 Å². The largest absolute Gasteiger partial charge is 0.370 e. The van der Waals surface area contributed by atoms with Crippen LogP contribution < -0.4 is 5.73 Å². The Hall–Kier alpha value is -0.490. The molecule has 22 heavy (non-hydrogen) atoms. The van der Waals surface area contributed by atoms with Crippen LogP contribution in [0.15, 0.2) is 29.3 Å². The van der Waals surface area contributed by atoms with Gasteiger partial charge in [0.25, 0.3) is 0 Å². The number of benzene rings is 1. The summed E-state index contributed by atoms with van der Waals surface area (Å²) in [6.45, 7) is 5.18. The zero-order valence-electron chi connectivity index (χ0n) is 13.1. The number of hydrogen-bond acceptors (Lipinski definition) is 1. The van der Waals surface area contributed by atoms with Gasteiger partial charge < -0.3 is 10.6 Å². The number of guanidine groups is 1. The second-order valence-electron chi connectivity index (χ2n) is 6.63. The van der Waals surface area contributed by atoms with Crippen LogP contribution in [0.3, 0.4) is 0 Å². The average Bonchev–Trinajstić information content (AvgIpc) is 3.27. The van der Waals surface area contributed by atoms with Gasteiger partial charge in [0.1, 0.15) is 0 Å². The Labute approximate surface area is 155 Å². The van der Waals surface area contributed by atoms with Crippen LogP contribution >= 0.6 is 35.6 Å². The first-order valence-electron chi connectivity index (χ1n) is 7.90. The quantitative estimate of drug-likeness (QED) is 0.444. The lowest BCUT2D eigenvalue weighted by Gasteiger charge is -2.31. The molecule has 1 saturated heterocycles. The van der Waals surface area contributed by atoms with E-state index in [2.05, 4.69) is 24.0 Å². The Kier molecular flexibility index (Phi) is 6.00. The fourth-order valence-corrected chi connectivity index (χ4v) is 3.27. The lowest BCUT2D eigenvalue weighted by molar-refractivity contribution is 0.277. The molecule has 1 aromatic rings. The van der Waals surface area contributed by atoms with Crippen molar-refractivity contribution in [2.75, 3.05) is 19.6 Å². The molecule has 5 heteroatoms. The van der Waals surface area contributed by atoms with Crippen LogP contribution in [-0.2, 0) is 5.41 Å². The van der Waals surface area contributed by atoms with Gasteiger partial charge in [-0.3, -0.25) is 4.99 Å². The summed E-state index contributed by atoms with van der Waals surface area (Å²) in [5.74, 6) is 1.53. The summed E-state index contributed by atoms with van der Waals surface area (Å²) in [4.78, 5) is 6.92. The van der Waals surface area contributed by atoms with E-state index in [1.54, 1.807) is 0 Å². The molecule has 1 aliphatic heterocycles. The van der Waals surface area contributed by atoms with Crippen molar-refractivity contribution >= 4 is 41.5 Å². The predicted molar refractivity (Wildman–Crippen MR) is 104 cm³/mol. The van der Waals surface area contributed by atoms with Crippen molar-refractivity contribution in [3.8, 4) is 0 Å². The molecule has 1 aliphatic carbocycles. The Morgan fingerprint density at radius 3 is 2.64 bits per heavy atom. The van der Waals surface area contributed by atoms with Gasteiger partial charge in [-0.1, -0.05) is 30.7 Å². The minimum atomic E-state index is 0. The first-order valence-corrected chi connectivity index (χ1v) is 8.28. The zero-order chi connectivity index (χ0) is 14.9. The Bertz CT molecular complexity index is 534. The third-order valence-corrected chi connectivity index (χ3v) is 5.18. The van der Waals surface area contributed by atoms with E-state index in [9.17, 15) is 0 Å². The van der Waals surface area contributed by atoms with Gasteiger partial charge in [-0.15, -0.1) is 24.0 Å². The van der Waals surface area contributed by atoms with E-state index in [0.29, 0.717) is 0 Å². The number of aliphatic imine (C=N–C) groups is 1. The summed E-state index contributed by atoms with van der Waals surface area (Å²) in [6.07, 6.45) is 4.80. The van der Waals surface area contributed by atoms with Crippen LogP contribution in [0.5, 0.6) is 0 Å². The summed E-state index contributed by atoms with van der Waals surface area (Å²) < 4.78 is 0. The topological polar surface area (TPSA) is 41.6 Å². The van der Waals surface area contributed by atoms with Crippen molar-refractivity contribution < 1.29 is 0 Å². The van der Waals surface area contributed by atoms with E-state index in [-0.39, 0.29) is 29.4 Å². The van der Waals surface area contributed by atoms with Crippen molar-refractivity contribution in [1.82, 2.24) is 4.90 Å². The second kappa shape index (κ2) is 7.39. The summed E-state index contributed by atoms with van der Waals surface area (Å²) in [5, 5.41) is 0.806. The molecular formula is C17H25ClIN3. The fourth-order valence-electron chi connectivity index (χ4n) is 3.08. The van der Waals surface area contributed by atoms with Gasteiger partial charge in [0.15, 0.2) is 5.96 Å². The van der Waals surface area contributed by atoms with Gasteiger partial charge in [-0.2, -0.15) is 0 Å². The zero-order valence-corrected chi connectivity index (χ0v) is 16.2. The Morgan fingerprint density at radius 2 is 2.05 bits per heavy atom. The van der Waals surface area contributed by atoms with Gasteiger partial charge >= 0.3 is 0 Å². The number of piperidine rings is 1. The van der Waals surface area contributed by atoms with E-state index < -0.39 is 0 Å². The van der Waals surface area contributed by atoms with Gasteiger partial charge in [-0.05, 0) is 49.3 Å². The number of hydrogen-bond donors (Lipinski definition) is 1. The molecule has 0 amide bonds. The number of halogens is 2. The summed E-state index contributed by atoms with van der Waals surface area (Å²) in [5.41, 5.74) is 7.67. The van der Waals surface area contributed by atoms with Gasteiger partial charge in [0.05, 0.1) is 6.54 Å². The number of rotatable bonds is 3. The molecule has 122 valence electrons. The molecule has 0 atom stereocenters. The molecule has 2 aliphatic rings. The molecular weight excluding hydrogens is 409 g/mol. The number of nitrogens with two attached hydrogens (primary N) is 1. The van der Waals surface area contributed by atoms with Crippen molar-refractivity contribution in [1.29, 1.82) is 0 Å². The average molecular weight is 434 g/mol. The SMILES string of the molecule is CC1CCN(C(N)=NCC2(c3cccc(Cl)c3)CC2)CC1.I. The molecule has 0 radical (unpaired) electrons. The first kappa shape index (κ1) is 17.9. The summed E-state index contributed by atoms with van der Waals surface area (Å²) in [7, 11) is 0. The van der Waals surface area contributed by atoms with Crippen LogP contribution in [-0.4, -0.2) is 30.5 Å². The minimum absolute atomic E-state index is 0. The number of likely N-dealkylation sites (tertiary alicyclic amines) is 1. The monoisotopic (exact) mass is 433 g/mol. The molecule has 2 fully saturated rings. The Balaban J connectivity index is 0.00000176. The molecule has 0 aromatic heterocycles. The normalized spacial score (nSPS) is 21.4. The molecule has 1 heterocycles. The van der Waals surface area contributed by atoms with Crippen LogP contribution in [0.25, 0.3) is 0 Å². The molecule has 3 rings (SSSR count). The van der Waals surface area contributed by atoms with E-state index in [0.717, 1.165) is 36.5 Å². The predicted octanol–water partition coefficient (Wildman–Crippen LogP) is 4.04. The van der Waals surface area contributed by atoms with E-state index in [1.807, 2.05) is 12.1 Å². The van der Waals surface area contributed by atoms with Crippen LogP contribution in [0.4, 0.5) is 0 Å². The third kappa shape index (κ3) is 4.07. The van der Waals surface area contributed by atoms with Crippen molar-refractivity contribution in [2.24, 2.45) is 16.6 Å². The number of nitrogens with zero attached hydrogens (tertiary/aromatic N) is 2.